The molecule has 1 aliphatic carbocycles. The quantitative estimate of drug-likeness (QED) is 0.309. The van der Waals surface area contributed by atoms with Crippen molar-refractivity contribution in [1.29, 1.82) is 0 Å². The van der Waals surface area contributed by atoms with Crippen LogP contribution in [0, 0.1) is 5.41 Å². The average molecular weight is 500 g/mol. The number of tetrazole rings is 1. The van der Waals surface area contributed by atoms with Crippen LogP contribution >= 0.6 is 0 Å². The van der Waals surface area contributed by atoms with E-state index in [4.69, 9.17) is 0 Å². The maximum absolute atomic E-state index is 14.0. The van der Waals surface area contributed by atoms with Crippen molar-refractivity contribution in [3.8, 4) is 22.5 Å². The van der Waals surface area contributed by atoms with Gasteiger partial charge in [0.2, 0.25) is 0 Å². The summed E-state index contributed by atoms with van der Waals surface area (Å²) in [6.45, 7) is 7.33. The van der Waals surface area contributed by atoms with Gasteiger partial charge >= 0.3 is 5.69 Å². The molecule has 0 aliphatic heterocycles. The Labute approximate surface area is 218 Å². The number of aromatic nitrogens is 7. The normalized spacial score (nSPS) is 17.5. The third-order valence-electron chi connectivity index (χ3n) is 7.96. The van der Waals surface area contributed by atoms with E-state index in [1.807, 2.05) is 35.0 Å². The predicted octanol–water partition coefficient (Wildman–Crippen LogP) is 5.81. The van der Waals surface area contributed by atoms with Crippen molar-refractivity contribution in [2.45, 2.75) is 84.7 Å². The minimum absolute atomic E-state index is 0.0913. The molecule has 3 heterocycles. The molecule has 1 saturated carbocycles. The molecule has 8 nitrogen and oxygen atoms in total. The summed E-state index contributed by atoms with van der Waals surface area (Å²) in [6.07, 6.45) is 14.7. The van der Waals surface area contributed by atoms with Crippen LogP contribution in [0.2, 0.25) is 0 Å². The Morgan fingerprint density at radius 3 is 2.70 bits per heavy atom. The highest BCUT2D eigenvalue weighted by molar-refractivity contribution is 5.81. The molecule has 1 unspecified atom stereocenters. The number of hydrogen-bond acceptors (Lipinski definition) is 5. The van der Waals surface area contributed by atoms with Crippen LogP contribution in [0.1, 0.15) is 83.0 Å². The van der Waals surface area contributed by atoms with Gasteiger partial charge in [-0.3, -0.25) is 14.1 Å². The zero-order valence-electron chi connectivity index (χ0n) is 22.2. The molecule has 1 fully saturated rings. The molecule has 3 aromatic heterocycles. The van der Waals surface area contributed by atoms with Crippen molar-refractivity contribution in [2.24, 2.45) is 5.41 Å². The van der Waals surface area contributed by atoms with Crippen LogP contribution in [-0.2, 0) is 13.0 Å². The summed E-state index contributed by atoms with van der Waals surface area (Å²) in [4.78, 5) is 18.5. The molecule has 5 rings (SSSR count). The number of H-pyrrole nitrogens is 1. The lowest BCUT2D eigenvalue weighted by Crippen LogP contribution is -2.34. The molecular formula is C29H37N7O. The molecule has 0 radical (unpaired) electrons. The second-order valence-electron chi connectivity index (χ2n) is 10.9. The van der Waals surface area contributed by atoms with Crippen molar-refractivity contribution >= 4 is 0 Å². The molecule has 4 aromatic rings. The van der Waals surface area contributed by atoms with Gasteiger partial charge in [0.05, 0.1) is 6.54 Å². The SMILES string of the molecule is CCCCc1cn(C2CCCCCC2(C)C)c(=O)n1Cc1cnccc1-c1ccccc1-c1nnn[nH]1. The third kappa shape index (κ3) is 5.15. The molecule has 0 amide bonds. The second-order valence-corrected chi connectivity index (χ2v) is 10.9. The highest BCUT2D eigenvalue weighted by Gasteiger charge is 2.34. The number of nitrogens with zero attached hydrogens (tertiary/aromatic N) is 6. The highest BCUT2D eigenvalue weighted by Crippen LogP contribution is 2.42. The first-order valence-corrected chi connectivity index (χ1v) is 13.6. The Morgan fingerprint density at radius 2 is 1.92 bits per heavy atom. The predicted molar refractivity (Wildman–Crippen MR) is 145 cm³/mol. The van der Waals surface area contributed by atoms with Gasteiger partial charge in [-0.15, -0.1) is 5.10 Å². The fourth-order valence-electron chi connectivity index (χ4n) is 5.85. The summed E-state index contributed by atoms with van der Waals surface area (Å²) in [5.41, 5.74) is 5.24. The fraction of sp³-hybridized carbons (Fsp3) is 0.483. The highest BCUT2D eigenvalue weighted by atomic mass is 16.1. The average Bonchev–Trinajstić information content (AvgIpc) is 3.50. The lowest BCUT2D eigenvalue weighted by Gasteiger charge is -2.33. The number of unbranched alkanes of at least 4 members (excludes halogenated alkanes) is 1. The summed E-state index contributed by atoms with van der Waals surface area (Å²) < 4.78 is 4.04. The van der Waals surface area contributed by atoms with Crippen molar-refractivity contribution in [3.63, 3.8) is 0 Å². The van der Waals surface area contributed by atoms with Crippen LogP contribution in [0.3, 0.4) is 0 Å². The first-order valence-electron chi connectivity index (χ1n) is 13.6. The standard InChI is InChI=1S/C29H37N7O/c1-4-5-11-22-20-36(26-14-7-6-10-16-29(26,2)3)28(37)35(22)19-21-18-30-17-15-23(21)24-12-8-9-13-25(24)27-31-33-34-32-27/h8-9,12-13,15,17-18,20,26H,4-7,10-11,14,16,19H2,1-3H3,(H,31,32,33,34). The molecular weight excluding hydrogens is 462 g/mol. The van der Waals surface area contributed by atoms with Gasteiger partial charge in [-0.2, -0.15) is 0 Å². The minimum atomic E-state index is 0.0913. The lowest BCUT2D eigenvalue weighted by atomic mass is 9.80. The van der Waals surface area contributed by atoms with Crippen LogP contribution < -0.4 is 5.69 Å². The van der Waals surface area contributed by atoms with Gasteiger partial charge < -0.3 is 0 Å². The summed E-state index contributed by atoms with van der Waals surface area (Å²) >= 11 is 0. The second kappa shape index (κ2) is 10.8. The molecule has 37 heavy (non-hydrogen) atoms. The zero-order chi connectivity index (χ0) is 25.8. The maximum atomic E-state index is 14.0. The van der Waals surface area contributed by atoms with Crippen molar-refractivity contribution in [3.05, 3.63) is 70.7 Å². The van der Waals surface area contributed by atoms with Gasteiger partial charge in [0.25, 0.3) is 0 Å². The number of rotatable bonds is 8. The van der Waals surface area contributed by atoms with Gasteiger partial charge in [-0.05, 0) is 64.3 Å². The van der Waals surface area contributed by atoms with E-state index in [9.17, 15) is 4.79 Å². The van der Waals surface area contributed by atoms with Gasteiger partial charge in [0.1, 0.15) is 0 Å². The summed E-state index contributed by atoms with van der Waals surface area (Å²) in [5.74, 6) is 0.612. The Hall–Kier alpha value is -3.55. The van der Waals surface area contributed by atoms with E-state index >= 15 is 0 Å². The van der Waals surface area contributed by atoms with Gasteiger partial charge in [-0.1, -0.05) is 70.7 Å². The van der Waals surface area contributed by atoms with Crippen LogP contribution in [0.5, 0.6) is 0 Å². The largest absolute Gasteiger partial charge is 0.328 e. The van der Waals surface area contributed by atoms with E-state index in [-0.39, 0.29) is 17.1 Å². The molecule has 8 heteroatoms. The lowest BCUT2D eigenvalue weighted by molar-refractivity contribution is 0.195. The summed E-state index contributed by atoms with van der Waals surface area (Å²) in [6, 6.07) is 10.3. The van der Waals surface area contributed by atoms with Crippen LogP contribution in [-0.4, -0.2) is 34.7 Å². The summed E-state index contributed by atoms with van der Waals surface area (Å²) in [7, 11) is 0. The Balaban J connectivity index is 1.58. The first kappa shape index (κ1) is 25.1. The van der Waals surface area contributed by atoms with Crippen LogP contribution in [0.25, 0.3) is 22.5 Å². The molecule has 1 atom stereocenters. The number of benzene rings is 1. The van der Waals surface area contributed by atoms with E-state index in [0.29, 0.717) is 12.4 Å². The molecule has 194 valence electrons. The van der Waals surface area contributed by atoms with Crippen molar-refractivity contribution in [1.82, 2.24) is 34.7 Å². The van der Waals surface area contributed by atoms with Crippen molar-refractivity contribution < 1.29 is 0 Å². The van der Waals surface area contributed by atoms with Gasteiger partial charge in [0, 0.05) is 35.9 Å². The summed E-state index contributed by atoms with van der Waals surface area (Å²) in [5, 5.41) is 14.5. The van der Waals surface area contributed by atoms with E-state index in [1.54, 1.807) is 6.20 Å². The van der Waals surface area contributed by atoms with Crippen LogP contribution in [0.15, 0.2) is 53.7 Å². The molecule has 0 bridgehead atoms. The molecule has 1 N–H and O–H groups in total. The number of aryl methyl sites for hydroxylation is 1. The number of nitrogens with one attached hydrogen (secondary N) is 1. The molecule has 1 aliphatic rings. The number of imidazole rings is 1. The molecule has 1 aromatic carbocycles. The van der Waals surface area contributed by atoms with Gasteiger partial charge in [0.15, 0.2) is 5.82 Å². The number of pyridine rings is 1. The Morgan fingerprint density at radius 1 is 1.08 bits per heavy atom. The monoisotopic (exact) mass is 499 g/mol. The zero-order valence-corrected chi connectivity index (χ0v) is 22.2. The van der Waals surface area contributed by atoms with E-state index in [2.05, 4.69) is 63.2 Å². The van der Waals surface area contributed by atoms with E-state index in [0.717, 1.165) is 60.1 Å². The van der Waals surface area contributed by atoms with E-state index in [1.165, 1.54) is 19.3 Å². The minimum Gasteiger partial charge on any atom is -0.295 e. The van der Waals surface area contributed by atoms with Crippen molar-refractivity contribution in [2.75, 3.05) is 0 Å². The Bertz CT molecular complexity index is 1380. The molecule has 0 spiro atoms. The van der Waals surface area contributed by atoms with E-state index < -0.39 is 0 Å². The maximum Gasteiger partial charge on any atom is 0.328 e. The fourth-order valence-corrected chi connectivity index (χ4v) is 5.85. The smallest absolute Gasteiger partial charge is 0.295 e. The Kier molecular flexibility index (Phi) is 7.35. The number of hydrogen-bond donors (Lipinski definition) is 1. The number of aromatic amines is 1. The third-order valence-corrected chi connectivity index (χ3v) is 7.96. The van der Waals surface area contributed by atoms with Gasteiger partial charge in [-0.25, -0.2) is 9.89 Å². The molecule has 0 saturated heterocycles. The van der Waals surface area contributed by atoms with Crippen LogP contribution in [0.4, 0.5) is 0 Å². The first-order chi connectivity index (χ1) is 18.0. The topological polar surface area (TPSA) is 94.3 Å².